The highest BCUT2D eigenvalue weighted by molar-refractivity contribution is 6.61. The molecule has 0 aliphatic carbocycles. The van der Waals surface area contributed by atoms with Gasteiger partial charge in [0.2, 0.25) is 5.96 Å². The summed E-state index contributed by atoms with van der Waals surface area (Å²) in [6, 6.07) is 5.87. The van der Waals surface area contributed by atoms with Gasteiger partial charge in [-0.1, -0.05) is 11.6 Å². The Bertz CT molecular complexity index is 791. The van der Waals surface area contributed by atoms with E-state index in [4.69, 9.17) is 17.0 Å². The summed E-state index contributed by atoms with van der Waals surface area (Å²) in [6.07, 6.45) is 0. The van der Waals surface area contributed by atoms with E-state index in [1.54, 1.807) is 0 Å². The Morgan fingerprint density at radius 1 is 1.00 bits per heavy atom. The summed E-state index contributed by atoms with van der Waals surface area (Å²) in [7, 11) is 2.20. The highest BCUT2D eigenvalue weighted by atomic mass is 35.5. The maximum Gasteiger partial charge on any atom is 0.354 e. The molecule has 0 aromatic heterocycles. The first-order valence-electron chi connectivity index (χ1n) is 6.99. The van der Waals surface area contributed by atoms with E-state index in [1.807, 2.05) is 0 Å². The van der Waals surface area contributed by atoms with Gasteiger partial charge in [-0.05, 0) is 31.2 Å². The lowest BCUT2D eigenvalue weighted by atomic mass is 9.73. The summed E-state index contributed by atoms with van der Waals surface area (Å²) in [5.74, 6) is -3.15. The summed E-state index contributed by atoms with van der Waals surface area (Å²) in [5.41, 5.74) is -2.54. The third-order valence-electron chi connectivity index (χ3n) is 3.70. The molecule has 1 aliphatic rings. The van der Waals surface area contributed by atoms with Gasteiger partial charge in [-0.3, -0.25) is 10.2 Å². The van der Waals surface area contributed by atoms with Gasteiger partial charge in [0.15, 0.2) is 5.78 Å². The molecule has 0 fully saturated rings. The van der Waals surface area contributed by atoms with Crippen LogP contribution in [0, 0.1) is 10.8 Å². The first-order chi connectivity index (χ1) is 11.7. The third-order valence-corrected chi connectivity index (χ3v) is 3.95. The van der Waals surface area contributed by atoms with Crippen molar-refractivity contribution >= 4 is 46.7 Å². The second-order valence-electron chi connectivity index (χ2n) is 5.19. The predicted octanol–water partition coefficient (Wildman–Crippen LogP) is 1.71. The highest BCUT2D eigenvalue weighted by Crippen LogP contribution is 2.31. The Kier molecular flexibility index (Phi) is 5.13. The number of ether oxygens (including phenoxy) is 2. The number of hydrogen-bond donors (Lipinski definition) is 1. The molecule has 8 nitrogen and oxygen atoms in total. The van der Waals surface area contributed by atoms with Crippen LogP contribution in [-0.2, 0) is 19.1 Å². The zero-order chi connectivity index (χ0) is 18.8. The maximum atomic E-state index is 13.1. The van der Waals surface area contributed by atoms with Gasteiger partial charge >= 0.3 is 11.9 Å². The lowest BCUT2D eigenvalue weighted by Gasteiger charge is -2.30. The molecule has 1 aliphatic heterocycles. The van der Waals surface area contributed by atoms with Gasteiger partial charge in [0.05, 0.1) is 14.2 Å². The molecule has 9 heteroatoms. The molecule has 1 N–H and O–H groups in total. The Labute approximate surface area is 148 Å². The van der Waals surface area contributed by atoms with E-state index in [1.165, 1.54) is 31.2 Å². The van der Waals surface area contributed by atoms with Gasteiger partial charge in [0.1, 0.15) is 16.8 Å². The van der Waals surface area contributed by atoms with Crippen molar-refractivity contribution in [3.8, 4) is 0 Å². The largest absolute Gasteiger partial charge is 0.464 e. The molecule has 0 saturated carbocycles. The van der Waals surface area contributed by atoms with E-state index >= 15 is 0 Å². The molecule has 0 bridgehead atoms. The second-order valence-corrected chi connectivity index (χ2v) is 5.63. The minimum atomic E-state index is -1.88. The van der Waals surface area contributed by atoms with Gasteiger partial charge in [-0.15, -0.1) is 0 Å². The van der Waals surface area contributed by atoms with Crippen LogP contribution in [-0.4, -0.2) is 49.3 Å². The number of ketones is 1. The van der Waals surface area contributed by atoms with Crippen LogP contribution in [0.4, 0.5) is 0 Å². The van der Waals surface area contributed by atoms with E-state index in [0.717, 1.165) is 14.2 Å². The van der Waals surface area contributed by atoms with Crippen LogP contribution in [0.2, 0.25) is 5.02 Å². The summed E-state index contributed by atoms with van der Waals surface area (Å²) >= 11 is 5.82. The van der Waals surface area contributed by atoms with Crippen molar-refractivity contribution < 1.29 is 23.9 Å². The van der Waals surface area contributed by atoms with Gasteiger partial charge < -0.3 is 9.47 Å². The summed E-state index contributed by atoms with van der Waals surface area (Å²) in [6.45, 7) is 1.31. The summed E-state index contributed by atoms with van der Waals surface area (Å²) < 4.78 is 9.31. The normalized spacial score (nSPS) is 19.6. The monoisotopic (exact) mass is 363 g/mol. The topological polar surface area (TPSA) is 118 Å². The number of hydrogen-bond acceptors (Lipinski definition) is 6. The van der Waals surface area contributed by atoms with Gasteiger partial charge in [0, 0.05) is 10.6 Å². The zero-order valence-corrected chi connectivity index (χ0v) is 14.4. The molecule has 1 aromatic rings. The third kappa shape index (κ3) is 3.20. The van der Waals surface area contributed by atoms with Crippen molar-refractivity contribution in [3.63, 3.8) is 0 Å². The van der Waals surface area contributed by atoms with Crippen molar-refractivity contribution in [2.24, 2.45) is 15.4 Å². The first kappa shape index (κ1) is 18.5. The number of rotatable bonds is 4. The Hall–Kier alpha value is -2.87. The minimum Gasteiger partial charge on any atom is -0.464 e. The average Bonchev–Trinajstić information content (AvgIpc) is 2.61. The number of guanidine groups is 1. The Morgan fingerprint density at radius 3 is 1.84 bits per heavy atom. The fourth-order valence-corrected chi connectivity index (χ4v) is 2.50. The van der Waals surface area contributed by atoms with Gasteiger partial charge in [-0.25, -0.2) is 19.6 Å². The quantitative estimate of drug-likeness (QED) is 0.645. The van der Waals surface area contributed by atoms with Crippen molar-refractivity contribution in [3.05, 3.63) is 34.9 Å². The van der Waals surface area contributed by atoms with Crippen molar-refractivity contribution in [2.45, 2.75) is 6.92 Å². The molecule has 1 heterocycles. The molecule has 0 spiro atoms. The molecule has 1 aromatic carbocycles. The number of halogens is 1. The van der Waals surface area contributed by atoms with E-state index in [-0.39, 0.29) is 5.56 Å². The number of carbonyl (C=O) groups excluding carboxylic acids is 3. The van der Waals surface area contributed by atoms with Crippen LogP contribution in [0.1, 0.15) is 17.3 Å². The van der Waals surface area contributed by atoms with Crippen LogP contribution >= 0.6 is 11.6 Å². The maximum absolute atomic E-state index is 13.1. The van der Waals surface area contributed by atoms with Gasteiger partial charge in [-0.2, -0.15) is 0 Å². The molecule has 0 radical (unpaired) electrons. The SMILES string of the molecule is COC(=O)C1=NC(=N)N=C(C(=O)OC)C1(C)C(=O)c1ccc(Cl)cc1. The van der Waals surface area contributed by atoms with E-state index in [2.05, 4.69) is 19.5 Å². The highest BCUT2D eigenvalue weighted by Gasteiger charge is 2.52. The summed E-state index contributed by atoms with van der Waals surface area (Å²) in [4.78, 5) is 44.8. The minimum absolute atomic E-state index is 0.175. The molecule has 0 atom stereocenters. The smallest absolute Gasteiger partial charge is 0.354 e. The fourth-order valence-electron chi connectivity index (χ4n) is 2.37. The van der Waals surface area contributed by atoms with E-state index in [9.17, 15) is 14.4 Å². The lowest BCUT2D eigenvalue weighted by molar-refractivity contribution is -0.133. The number of methoxy groups -OCH3 is 2. The molecule has 0 amide bonds. The second kappa shape index (κ2) is 6.94. The van der Waals surface area contributed by atoms with Crippen molar-refractivity contribution in [1.29, 1.82) is 5.41 Å². The van der Waals surface area contributed by atoms with Gasteiger partial charge in [0.25, 0.3) is 0 Å². The molecule has 0 saturated heterocycles. The standard InChI is InChI=1S/C16H14ClN3O5/c1-16(12(21)8-4-6-9(17)7-5-8)10(13(22)24-2)19-15(18)20-11(16)14(23)25-3/h4-7,18H,1-3H3. The van der Waals surface area contributed by atoms with Crippen LogP contribution < -0.4 is 0 Å². The Balaban J connectivity index is 2.68. The Morgan fingerprint density at radius 2 is 1.44 bits per heavy atom. The number of benzene rings is 1. The number of aliphatic imine (C=N–C) groups is 2. The molecule has 0 unspecified atom stereocenters. The predicted molar refractivity (Wildman–Crippen MR) is 90.5 cm³/mol. The summed E-state index contributed by atoms with van der Waals surface area (Å²) in [5, 5.41) is 8.03. The molecule has 130 valence electrons. The van der Waals surface area contributed by atoms with Crippen LogP contribution in [0.25, 0.3) is 0 Å². The molecular formula is C16H14ClN3O5. The van der Waals surface area contributed by atoms with E-state index in [0.29, 0.717) is 5.02 Å². The lowest BCUT2D eigenvalue weighted by Crippen LogP contribution is -2.53. The molecule has 25 heavy (non-hydrogen) atoms. The van der Waals surface area contributed by atoms with Crippen LogP contribution in [0.3, 0.4) is 0 Å². The van der Waals surface area contributed by atoms with Crippen molar-refractivity contribution in [1.82, 2.24) is 0 Å². The molecule has 2 rings (SSSR count). The number of esters is 2. The van der Waals surface area contributed by atoms with E-state index < -0.39 is 40.5 Å². The zero-order valence-electron chi connectivity index (χ0n) is 13.6. The van der Waals surface area contributed by atoms with Crippen LogP contribution in [0.5, 0.6) is 0 Å². The number of Topliss-reactive ketones (excluding diaryl/α,β-unsaturated/α-hetero) is 1. The fraction of sp³-hybridized carbons (Fsp3) is 0.250. The number of nitrogens with zero attached hydrogens (tertiary/aromatic N) is 2. The number of nitrogens with one attached hydrogen (secondary N) is 1. The van der Waals surface area contributed by atoms with Crippen LogP contribution in [0.15, 0.2) is 34.3 Å². The average molecular weight is 364 g/mol. The van der Waals surface area contributed by atoms with Crippen molar-refractivity contribution in [2.75, 3.05) is 14.2 Å². The number of carbonyl (C=O) groups is 3. The molecular weight excluding hydrogens is 350 g/mol. The first-order valence-corrected chi connectivity index (χ1v) is 7.37.